The van der Waals surface area contributed by atoms with Crippen LogP contribution in [0.1, 0.15) is 55.3 Å². The maximum absolute atomic E-state index is 11.9. The standard InChI is InChI=1S/C15H25N3O2/c1-11(2)14-9-13(17-20-14)15(19)16-7-6-12-5-4-8-18(3)10-12/h9,11-12H,4-8,10H2,1-3H3,(H,16,19)/t12-/m0/s1. The van der Waals surface area contributed by atoms with Gasteiger partial charge in [-0.25, -0.2) is 0 Å². The van der Waals surface area contributed by atoms with Gasteiger partial charge < -0.3 is 14.7 Å². The van der Waals surface area contributed by atoms with Crippen molar-refractivity contribution in [1.82, 2.24) is 15.4 Å². The molecule has 2 rings (SSSR count). The van der Waals surface area contributed by atoms with Crippen LogP contribution in [0, 0.1) is 5.92 Å². The highest BCUT2D eigenvalue weighted by molar-refractivity contribution is 5.92. The fraction of sp³-hybridized carbons (Fsp3) is 0.733. The van der Waals surface area contributed by atoms with Gasteiger partial charge >= 0.3 is 0 Å². The highest BCUT2D eigenvalue weighted by atomic mass is 16.5. The van der Waals surface area contributed by atoms with Crippen molar-refractivity contribution in [3.05, 3.63) is 17.5 Å². The van der Waals surface area contributed by atoms with Crippen LogP contribution in [0.25, 0.3) is 0 Å². The fourth-order valence-corrected chi connectivity index (χ4v) is 2.66. The summed E-state index contributed by atoms with van der Waals surface area (Å²) in [4.78, 5) is 14.3. The number of carbonyl (C=O) groups is 1. The van der Waals surface area contributed by atoms with Crippen LogP contribution in [-0.2, 0) is 0 Å². The van der Waals surface area contributed by atoms with E-state index in [1.54, 1.807) is 6.07 Å². The molecular formula is C15H25N3O2. The van der Waals surface area contributed by atoms with Crippen molar-refractivity contribution >= 4 is 5.91 Å². The maximum atomic E-state index is 11.9. The summed E-state index contributed by atoms with van der Waals surface area (Å²) in [5.41, 5.74) is 0.384. The van der Waals surface area contributed by atoms with E-state index in [1.165, 1.54) is 19.4 Å². The number of likely N-dealkylation sites (tertiary alicyclic amines) is 1. The van der Waals surface area contributed by atoms with Crippen molar-refractivity contribution in [3.8, 4) is 0 Å². The summed E-state index contributed by atoms with van der Waals surface area (Å²) >= 11 is 0. The second-order valence-corrected chi connectivity index (χ2v) is 6.08. The van der Waals surface area contributed by atoms with Crippen LogP contribution in [0.15, 0.2) is 10.6 Å². The zero-order chi connectivity index (χ0) is 14.5. The molecule has 1 fully saturated rings. The van der Waals surface area contributed by atoms with Gasteiger partial charge in [-0.3, -0.25) is 4.79 Å². The molecule has 0 aromatic carbocycles. The molecule has 0 bridgehead atoms. The molecule has 20 heavy (non-hydrogen) atoms. The van der Waals surface area contributed by atoms with Gasteiger partial charge in [-0.2, -0.15) is 0 Å². The maximum Gasteiger partial charge on any atom is 0.273 e. The minimum Gasteiger partial charge on any atom is -0.360 e. The van der Waals surface area contributed by atoms with E-state index in [0.717, 1.165) is 18.7 Å². The van der Waals surface area contributed by atoms with Crippen LogP contribution in [0.5, 0.6) is 0 Å². The summed E-state index contributed by atoms with van der Waals surface area (Å²) in [6.45, 7) is 7.07. The van der Waals surface area contributed by atoms with E-state index >= 15 is 0 Å². The Kier molecular flexibility index (Phi) is 5.17. The summed E-state index contributed by atoms with van der Waals surface area (Å²) in [6.07, 6.45) is 3.56. The van der Waals surface area contributed by atoms with E-state index < -0.39 is 0 Å². The normalized spacial score (nSPS) is 20.3. The minimum atomic E-state index is -0.134. The van der Waals surface area contributed by atoms with Gasteiger partial charge in [-0.15, -0.1) is 0 Å². The molecule has 1 atom stereocenters. The highest BCUT2D eigenvalue weighted by Crippen LogP contribution is 2.18. The fourth-order valence-electron chi connectivity index (χ4n) is 2.66. The molecule has 0 saturated carbocycles. The molecular weight excluding hydrogens is 254 g/mol. The van der Waals surface area contributed by atoms with Crippen LogP contribution in [-0.4, -0.2) is 42.6 Å². The van der Waals surface area contributed by atoms with Crippen LogP contribution in [0.3, 0.4) is 0 Å². The molecule has 2 heterocycles. The second kappa shape index (κ2) is 6.88. The molecule has 5 heteroatoms. The Hall–Kier alpha value is -1.36. The van der Waals surface area contributed by atoms with E-state index in [1.807, 2.05) is 13.8 Å². The first-order valence-electron chi connectivity index (χ1n) is 7.49. The van der Waals surface area contributed by atoms with Crippen molar-refractivity contribution < 1.29 is 9.32 Å². The Morgan fingerprint density at radius 2 is 2.40 bits per heavy atom. The summed E-state index contributed by atoms with van der Waals surface area (Å²) < 4.78 is 5.14. The van der Waals surface area contributed by atoms with Gasteiger partial charge in [-0.05, 0) is 38.8 Å². The number of rotatable bonds is 5. The van der Waals surface area contributed by atoms with E-state index in [0.29, 0.717) is 18.2 Å². The Bertz CT molecular complexity index is 442. The van der Waals surface area contributed by atoms with Gasteiger partial charge in [0.2, 0.25) is 0 Å². The summed E-state index contributed by atoms with van der Waals surface area (Å²) in [5.74, 6) is 1.56. The van der Waals surface area contributed by atoms with Crippen LogP contribution in [0.4, 0.5) is 0 Å². The number of hydrogen-bond acceptors (Lipinski definition) is 4. The van der Waals surface area contributed by atoms with Gasteiger partial charge in [0.1, 0.15) is 5.76 Å². The van der Waals surface area contributed by atoms with Crippen LogP contribution in [0.2, 0.25) is 0 Å². The number of aromatic nitrogens is 1. The number of piperidine rings is 1. The molecule has 1 saturated heterocycles. The van der Waals surface area contributed by atoms with Gasteiger partial charge in [0.05, 0.1) is 0 Å². The molecule has 1 aliphatic heterocycles. The summed E-state index contributed by atoms with van der Waals surface area (Å²) in [7, 11) is 2.16. The predicted octanol–water partition coefficient (Wildman–Crippen LogP) is 2.26. The quantitative estimate of drug-likeness (QED) is 0.898. The lowest BCUT2D eigenvalue weighted by atomic mass is 9.95. The van der Waals surface area contributed by atoms with Crippen LogP contribution >= 0.6 is 0 Å². The third kappa shape index (κ3) is 4.07. The molecule has 1 aromatic rings. The zero-order valence-corrected chi connectivity index (χ0v) is 12.7. The van der Waals surface area contributed by atoms with Crippen molar-refractivity contribution in [2.75, 3.05) is 26.7 Å². The average molecular weight is 279 g/mol. The molecule has 5 nitrogen and oxygen atoms in total. The Balaban J connectivity index is 1.74. The number of hydrogen-bond donors (Lipinski definition) is 1. The van der Waals surface area contributed by atoms with Gasteiger partial charge in [0.15, 0.2) is 5.69 Å². The van der Waals surface area contributed by atoms with E-state index in [-0.39, 0.29) is 11.8 Å². The molecule has 0 radical (unpaired) electrons. The highest BCUT2D eigenvalue weighted by Gasteiger charge is 2.18. The molecule has 1 N–H and O–H groups in total. The van der Waals surface area contributed by atoms with Crippen LogP contribution < -0.4 is 5.32 Å². The lowest BCUT2D eigenvalue weighted by Gasteiger charge is -2.29. The van der Waals surface area contributed by atoms with Gasteiger partial charge in [0.25, 0.3) is 5.91 Å². The topological polar surface area (TPSA) is 58.4 Å². The lowest BCUT2D eigenvalue weighted by Crippen LogP contribution is -2.34. The molecule has 0 spiro atoms. The van der Waals surface area contributed by atoms with Crippen molar-refractivity contribution in [2.45, 2.75) is 39.0 Å². The number of carbonyl (C=O) groups excluding carboxylic acids is 1. The predicted molar refractivity (Wildman–Crippen MR) is 77.8 cm³/mol. The minimum absolute atomic E-state index is 0.134. The Morgan fingerprint density at radius 3 is 3.05 bits per heavy atom. The monoisotopic (exact) mass is 279 g/mol. The first-order chi connectivity index (χ1) is 9.56. The second-order valence-electron chi connectivity index (χ2n) is 6.08. The van der Waals surface area contributed by atoms with Crippen molar-refractivity contribution in [1.29, 1.82) is 0 Å². The molecule has 1 aromatic heterocycles. The summed E-state index contributed by atoms with van der Waals surface area (Å²) in [5, 5.41) is 6.75. The number of amides is 1. The van der Waals surface area contributed by atoms with Crippen molar-refractivity contribution in [3.63, 3.8) is 0 Å². The Morgan fingerprint density at radius 1 is 1.60 bits per heavy atom. The average Bonchev–Trinajstić information content (AvgIpc) is 2.88. The van der Waals surface area contributed by atoms with Gasteiger partial charge in [0, 0.05) is 25.1 Å². The number of nitrogens with one attached hydrogen (secondary N) is 1. The van der Waals surface area contributed by atoms with Crippen molar-refractivity contribution in [2.24, 2.45) is 5.92 Å². The first kappa shape index (κ1) is 15.0. The third-order valence-electron chi connectivity index (χ3n) is 3.89. The molecule has 0 aliphatic carbocycles. The van der Waals surface area contributed by atoms with Gasteiger partial charge in [-0.1, -0.05) is 19.0 Å². The largest absolute Gasteiger partial charge is 0.360 e. The van der Waals surface area contributed by atoms with E-state index in [2.05, 4.69) is 22.4 Å². The first-order valence-corrected chi connectivity index (χ1v) is 7.49. The molecule has 1 aliphatic rings. The smallest absolute Gasteiger partial charge is 0.273 e. The SMILES string of the molecule is CC(C)c1cc(C(=O)NCC[C@@H]2CCCN(C)C2)no1. The molecule has 1 amide bonds. The zero-order valence-electron chi connectivity index (χ0n) is 12.7. The molecule has 0 unspecified atom stereocenters. The molecule has 112 valence electrons. The Labute approximate surface area is 120 Å². The van der Waals surface area contributed by atoms with E-state index in [9.17, 15) is 4.79 Å². The lowest BCUT2D eigenvalue weighted by molar-refractivity contribution is 0.0939. The number of nitrogens with zero attached hydrogens (tertiary/aromatic N) is 2. The third-order valence-corrected chi connectivity index (χ3v) is 3.89. The van der Waals surface area contributed by atoms with E-state index in [4.69, 9.17) is 4.52 Å². The summed E-state index contributed by atoms with van der Waals surface area (Å²) in [6, 6.07) is 1.73.